The summed E-state index contributed by atoms with van der Waals surface area (Å²) in [4.78, 5) is 0. The predicted octanol–water partition coefficient (Wildman–Crippen LogP) is 6.48. The molecule has 4 aromatic rings. The Kier molecular flexibility index (Phi) is 5.73. The average molecular weight is 477 g/mol. The minimum absolute atomic E-state index is 0.341. The molecule has 0 saturated heterocycles. The fourth-order valence-electron chi connectivity index (χ4n) is 3.69. The van der Waals surface area contributed by atoms with Gasteiger partial charge in [-0.05, 0) is 60.0 Å². The Morgan fingerprint density at radius 3 is 2.39 bits per heavy atom. The summed E-state index contributed by atoms with van der Waals surface area (Å²) in [5, 5.41) is 1.93. The molecular formula is C23H19Cl2FN2O2S. The number of rotatable bonds is 5. The Bertz CT molecular complexity index is 1400. The standard InChI is InChI=1S/C23H19Cl2FN2O2S/c1-14-12-28(13-16-3-6-17(24)9-22(16)25)23-20(14)10-18(26)11-21(23)15-4-7-19(8-5-15)27-31(2,29)30/h3-12,27H,13H2,1-2H3. The fraction of sp³-hybridized carbons (Fsp3) is 0.130. The van der Waals surface area contributed by atoms with E-state index in [1.807, 2.05) is 23.8 Å². The molecule has 0 amide bonds. The molecule has 160 valence electrons. The number of hydrogen-bond acceptors (Lipinski definition) is 2. The monoisotopic (exact) mass is 476 g/mol. The van der Waals surface area contributed by atoms with Gasteiger partial charge in [-0.1, -0.05) is 41.4 Å². The normalized spacial score (nSPS) is 11.8. The second-order valence-corrected chi connectivity index (χ2v) is 10.1. The maximum atomic E-state index is 14.5. The van der Waals surface area contributed by atoms with Crippen molar-refractivity contribution in [2.45, 2.75) is 13.5 Å². The van der Waals surface area contributed by atoms with Crippen LogP contribution in [-0.2, 0) is 16.6 Å². The van der Waals surface area contributed by atoms with E-state index < -0.39 is 10.0 Å². The topological polar surface area (TPSA) is 51.1 Å². The van der Waals surface area contributed by atoms with E-state index in [9.17, 15) is 12.8 Å². The lowest BCUT2D eigenvalue weighted by molar-refractivity contribution is 0.607. The third-order valence-electron chi connectivity index (χ3n) is 4.99. The number of anilines is 1. The molecule has 3 aromatic carbocycles. The highest BCUT2D eigenvalue weighted by molar-refractivity contribution is 7.92. The van der Waals surface area contributed by atoms with Gasteiger partial charge in [-0.2, -0.15) is 0 Å². The van der Waals surface area contributed by atoms with Gasteiger partial charge in [-0.3, -0.25) is 4.72 Å². The van der Waals surface area contributed by atoms with Crippen LogP contribution in [0.15, 0.2) is 60.8 Å². The van der Waals surface area contributed by atoms with Crippen molar-refractivity contribution in [3.05, 3.63) is 87.8 Å². The first-order valence-corrected chi connectivity index (χ1v) is 12.1. The number of aromatic nitrogens is 1. The van der Waals surface area contributed by atoms with Crippen LogP contribution in [0.2, 0.25) is 10.0 Å². The number of benzene rings is 3. The van der Waals surface area contributed by atoms with Crippen LogP contribution < -0.4 is 4.72 Å². The highest BCUT2D eigenvalue weighted by Crippen LogP contribution is 2.34. The Morgan fingerprint density at radius 1 is 1.03 bits per heavy atom. The minimum Gasteiger partial charge on any atom is -0.342 e. The minimum atomic E-state index is -3.38. The molecule has 0 radical (unpaired) electrons. The molecule has 0 aliphatic carbocycles. The van der Waals surface area contributed by atoms with Crippen molar-refractivity contribution in [1.82, 2.24) is 4.57 Å². The second kappa shape index (κ2) is 8.19. The lowest BCUT2D eigenvalue weighted by atomic mass is 10.0. The van der Waals surface area contributed by atoms with Crippen molar-refractivity contribution >= 4 is 49.8 Å². The zero-order chi connectivity index (χ0) is 22.3. The largest absolute Gasteiger partial charge is 0.342 e. The van der Waals surface area contributed by atoms with E-state index in [4.69, 9.17) is 23.2 Å². The summed E-state index contributed by atoms with van der Waals surface area (Å²) in [6.45, 7) is 2.43. The van der Waals surface area contributed by atoms with E-state index in [2.05, 4.69) is 4.72 Å². The molecular weight excluding hydrogens is 458 g/mol. The first-order chi connectivity index (χ1) is 14.6. The van der Waals surface area contributed by atoms with Crippen molar-refractivity contribution < 1.29 is 12.8 Å². The van der Waals surface area contributed by atoms with Gasteiger partial charge in [0.15, 0.2) is 0 Å². The SMILES string of the molecule is Cc1cn(Cc2ccc(Cl)cc2Cl)c2c(-c3ccc(NS(C)(=O)=O)cc3)cc(F)cc12. The molecule has 0 aliphatic rings. The van der Waals surface area contributed by atoms with Gasteiger partial charge in [0.2, 0.25) is 10.0 Å². The lowest BCUT2D eigenvalue weighted by Gasteiger charge is -2.13. The smallest absolute Gasteiger partial charge is 0.229 e. The summed E-state index contributed by atoms with van der Waals surface area (Å²) < 4.78 is 41.9. The summed E-state index contributed by atoms with van der Waals surface area (Å²) in [6, 6.07) is 15.2. The highest BCUT2D eigenvalue weighted by Gasteiger charge is 2.15. The van der Waals surface area contributed by atoms with E-state index in [-0.39, 0.29) is 5.82 Å². The van der Waals surface area contributed by atoms with Crippen LogP contribution in [0.3, 0.4) is 0 Å². The number of nitrogens with zero attached hydrogens (tertiary/aromatic N) is 1. The zero-order valence-corrected chi connectivity index (χ0v) is 19.1. The molecule has 0 fully saturated rings. The van der Waals surface area contributed by atoms with Gasteiger partial charge in [0.1, 0.15) is 5.82 Å². The van der Waals surface area contributed by atoms with E-state index in [0.29, 0.717) is 27.8 Å². The van der Waals surface area contributed by atoms with Gasteiger partial charge in [-0.15, -0.1) is 0 Å². The Labute approximate surface area is 190 Å². The fourth-order valence-corrected chi connectivity index (χ4v) is 4.72. The molecule has 0 spiro atoms. The van der Waals surface area contributed by atoms with E-state index in [0.717, 1.165) is 33.8 Å². The Morgan fingerprint density at radius 2 is 1.74 bits per heavy atom. The molecule has 0 aliphatic heterocycles. The summed E-state index contributed by atoms with van der Waals surface area (Å²) in [5.74, 6) is -0.341. The van der Waals surface area contributed by atoms with Crippen LogP contribution in [0.25, 0.3) is 22.0 Å². The van der Waals surface area contributed by atoms with Crippen LogP contribution in [0.1, 0.15) is 11.1 Å². The van der Waals surface area contributed by atoms with E-state index >= 15 is 0 Å². The maximum Gasteiger partial charge on any atom is 0.229 e. The zero-order valence-electron chi connectivity index (χ0n) is 16.8. The molecule has 8 heteroatoms. The van der Waals surface area contributed by atoms with Gasteiger partial charge in [-0.25, -0.2) is 12.8 Å². The number of hydrogen-bond donors (Lipinski definition) is 1. The van der Waals surface area contributed by atoms with Crippen molar-refractivity contribution in [2.75, 3.05) is 11.0 Å². The summed E-state index contributed by atoms with van der Waals surface area (Å²) in [6.07, 6.45) is 3.06. The van der Waals surface area contributed by atoms with Crippen LogP contribution in [0.5, 0.6) is 0 Å². The molecule has 1 N–H and O–H groups in total. The molecule has 0 saturated carbocycles. The number of halogens is 3. The molecule has 0 unspecified atom stereocenters. The van der Waals surface area contributed by atoms with Gasteiger partial charge in [0.05, 0.1) is 11.8 Å². The van der Waals surface area contributed by atoms with Crippen molar-refractivity contribution in [3.8, 4) is 11.1 Å². The molecule has 0 bridgehead atoms. The number of fused-ring (bicyclic) bond motifs is 1. The van der Waals surface area contributed by atoms with Gasteiger partial charge in [0, 0.05) is 39.4 Å². The number of nitrogens with one attached hydrogen (secondary N) is 1. The van der Waals surface area contributed by atoms with Crippen molar-refractivity contribution in [3.63, 3.8) is 0 Å². The first kappa shape index (κ1) is 21.7. The third-order valence-corrected chi connectivity index (χ3v) is 6.18. The molecule has 4 nitrogen and oxygen atoms in total. The van der Waals surface area contributed by atoms with Crippen molar-refractivity contribution in [1.29, 1.82) is 0 Å². The van der Waals surface area contributed by atoms with E-state index in [1.165, 1.54) is 12.1 Å². The van der Waals surface area contributed by atoms with Crippen LogP contribution in [-0.4, -0.2) is 19.2 Å². The van der Waals surface area contributed by atoms with Gasteiger partial charge in [0.25, 0.3) is 0 Å². The van der Waals surface area contributed by atoms with Gasteiger partial charge >= 0.3 is 0 Å². The average Bonchev–Trinajstić information content (AvgIpc) is 2.98. The van der Waals surface area contributed by atoms with E-state index in [1.54, 1.807) is 36.4 Å². The van der Waals surface area contributed by atoms with Gasteiger partial charge < -0.3 is 4.57 Å². The predicted molar refractivity (Wildman–Crippen MR) is 126 cm³/mol. The summed E-state index contributed by atoms with van der Waals surface area (Å²) in [5.41, 5.74) is 4.62. The summed E-state index contributed by atoms with van der Waals surface area (Å²) >= 11 is 12.4. The number of sulfonamides is 1. The number of aryl methyl sites for hydroxylation is 1. The second-order valence-electron chi connectivity index (χ2n) is 7.48. The summed E-state index contributed by atoms with van der Waals surface area (Å²) in [7, 11) is -3.38. The van der Waals surface area contributed by atoms with Crippen LogP contribution in [0.4, 0.5) is 10.1 Å². The van der Waals surface area contributed by atoms with Crippen LogP contribution >= 0.6 is 23.2 Å². The van der Waals surface area contributed by atoms with Crippen LogP contribution in [0, 0.1) is 12.7 Å². The highest BCUT2D eigenvalue weighted by atomic mass is 35.5. The third kappa shape index (κ3) is 4.71. The molecule has 0 atom stereocenters. The lowest BCUT2D eigenvalue weighted by Crippen LogP contribution is -2.09. The maximum absolute atomic E-state index is 14.5. The molecule has 1 aromatic heterocycles. The quantitative estimate of drug-likeness (QED) is 0.358. The molecule has 1 heterocycles. The molecule has 4 rings (SSSR count). The Hall–Kier alpha value is -2.54. The molecule has 31 heavy (non-hydrogen) atoms. The first-order valence-electron chi connectivity index (χ1n) is 9.42. The van der Waals surface area contributed by atoms with Crippen molar-refractivity contribution in [2.24, 2.45) is 0 Å². The Balaban J connectivity index is 1.84.